The summed E-state index contributed by atoms with van der Waals surface area (Å²) >= 11 is 0. The van der Waals surface area contributed by atoms with Gasteiger partial charge >= 0.3 is 5.97 Å². The van der Waals surface area contributed by atoms with E-state index in [1.165, 1.54) is 134 Å². The number of hydrogen-bond acceptors (Lipinski definition) is 3. The highest BCUT2D eigenvalue weighted by Crippen LogP contribution is 2.15. The lowest BCUT2D eigenvalue weighted by molar-refractivity contribution is -0.153. The summed E-state index contributed by atoms with van der Waals surface area (Å²) in [6.45, 7) is 12.3. The van der Waals surface area contributed by atoms with Crippen molar-refractivity contribution in [2.24, 2.45) is 0 Å². The van der Waals surface area contributed by atoms with Crippen LogP contribution in [0.25, 0.3) is 0 Å². The van der Waals surface area contributed by atoms with Crippen molar-refractivity contribution in [1.82, 2.24) is 4.90 Å². The Balaban J connectivity index is 4.09. The van der Waals surface area contributed by atoms with Gasteiger partial charge in [-0.15, -0.1) is 0 Å². The van der Waals surface area contributed by atoms with E-state index in [0.29, 0.717) is 0 Å². The van der Waals surface area contributed by atoms with E-state index in [4.69, 9.17) is 4.74 Å². The zero-order valence-electron chi connectivity index (χ0n) is 22.9. The highest BCUT2D eigenvalue weighted by molar-refractivity contribution is 5.81. The Morgan fingerprint density at radius 1 is 0.636 bits per heavy atom. The molecule has 0 aliphatic rings. The van der Waals surface area contributed by atoms with Gasteiger partial charge in [0.25, 0.3) is 0 Å². The summed E-state index contributed by atoms with van der Waals surface area (Å²) in [5.41, 5.74) is 0. The fraction of sp³-hybridized carbons (Fsp3) is 0.900. The number of unbranched alkanes of at least 4 members (excludes halogenated alkanes) is 18. The molecular weight excluding hydrogens is 406 g/mol. The fourth-order valence-electron chi connectivity index (χ4n) is 4.60. The molecule has 0 N–H and O–H groups in total. The van der Waals surface area contributed by atoms with E-state index < -0.39 is 0 Å². The average Bonchev–Trinajstić information content (AvgIpc) is 2.83. The van der Waals surface area contributed by atoms with Crippen molar-refractivity contribution in [3.8, 4) is 0 Å². The third-order valence-electron chi connectivity index (χ3n) is 6.77. The van der Waals surface area contributed by atoms with Gasteiger partial charge in [0.15, 0.2) is 6.23 Å². The van der Waals surface area contributed by atoms with Gasteiger partial charge in [-0.25, -0.2) is 4.79 Å². The van der Waals surface area contributed by atoms with Crippen molar-refractivity contribution < 1.29 is 9.53 Å². The largest absolute Gasteiger partial charge is 0.443 e. The maximum absolute atomic E-state index is 11.8. The van der Waals surface area contributed by atoms with Gasteiger partial charge in [0.05, 0.1) is 0 Å². The Morgan fingerprint density at radius 3 is 1.27 bits per heavy atom. The number of rotatable bonds is 26. The van der Waals surface area contributed by atoms with Gasteiger partial charge < -0.3 is 4.74 Å². The van der Waals surface area contributed by atoms with Gasteiger partial charge in [-0.2, -0.15) is 0 Å². The Morgan fingerprint density at radius 2 is 0.970 bits per heavy atom. The van der Waals surface area contributed by atoms with E-state index in [2.05, 4.69) is 32.3 Å². The summed E-state index contributed by atoms with van der Waals surface area (Å²) in [5, 5.41) is 0. The number of nitrogens with zero attached hydrogens (tertiary/aromatic N) is 1. The second kappa shape index (κ2) is 25.8. The monoisotopic (exact) mass is 465 g/mol. The van der Waals surface area contributed by atoms with E-state index in [-0.39, 0.29) is 12.2 Å². The van der Waals surface area contributed by atoms with Crippen LogP contribution in [-0.2, 0) is 9.53 Å². The molecule has 0 fully saturated rings. The summed E-state index contributed by atoms with van der Waals surface area (Å²) in [6, 6.07) is 0. The van der Waals surface area contributed by atoms with Crippen LogP contribution in [0.1, 0.15) is 156 Å². The Labute approximate surface area is 208 Å². The zero-order chi connectivity index (χ0) is 24.4. The molecule has 3 heteroatoms. The lowest BCUT2D eigenvalue weighted by atomic mass is 10.1. The molecule has 0 aromatic carbocycles. The maximum atomic E-state index is 11.8. The minimum Gasteiger partial charge on any atom is -0.443 e. The molecule has 0 rings (SSSR count). The van der Waals surface area contributed by atoms with Crippen LogP contribution in [0, 0.1) is 0 Å². The minimum atomic E-state index is -0.294. The molecule has 0 aromatic heterocycles. The number of esters is 1. The molecular formula is C30H59NO2. The second-order valence-electron chi connectivity index (χ2n) is 9.90. The van der Waals surface area contributed by atoms with Gasteiger partial charge in [0, 0.05) is 19.2 Å². The standard InChI is InChI=1S/C30H59NO2/c1-5-9-11-13-15-17-19-21-23-25-27-31(29(7-3)33-30(32)8-4)28-26-24-22-20-18-16-14-12-10-6-2/h8,29H,4-7,9-28H2,1-3H3. The summed E-state index contributed by atoms with van der Waals surface area (Å²) in [4.78, 5) is 14.2. The van der Waals surface area contributed by atoms with Crippen LogP contribution in [0.5, 0.6) is 0 Å². The van der Waals surface area contributed by atoms with Crippen LogP contribution in [0.4, 0.5) is 0 Å². The van der Waals surface area contributed by atoms with Crippen LogP contribution in [0.3, 0.4) is 0 Å². The summed E-state index contributed by atoms with van der Waals surface area (Å²) in [7, 11) is 0. The Hall–Kier alpha value is -0.830. The van der Waals surface area contributed by atoms with E-state index in [1.54, 1.807) is 0 Å². The summed E-state index contributed by atoms with van der Waals surface area (Å²) < 4.78 is 5.66. The molecule has 0 saturated carbocycles. The van der Waals surface area contributed by atoms with Gasteiger partial charge in [0.2, 0.25) is 0 Å². The van der Waals surface area contributed by atoms with Crippen LogP contribution < -0.4 is 0 Å². The Bertz CT molecular complexity index is 400. The molecule has 0 aliphatic heterocycles. The lowest BCUT2D eigenvalue weighted by Gasteiger charge is -2.30. The summed E-state index contributed by atoms with van der Waals surface area (Å²) in [6.07, 6.45) is 29.1. The van der Waals surface area contributed by atoms with Crippen molar-refractivity contribution in [1.29, 1.82) is 0 Å². The van der Waals surface area contributed by atoms with Crippen LogP contribution in [0.2, 0.25) is 0 Å². The first-order valence-corrected chi connectivity index (χ1v) is 14.8. The molecule has 1 unspecified atom stereocenters. The van der Waals surface area contributed by atoms with Crippen molar-refractivity contribution in [2.75, 3.05) is 13.1 Å². The Kier molecular flexibility index (Phi) is 25.1. The van der Waals surface area contributed by atoms with E-state index in [1.807, 2.05) is 0 Å². The molecule has 196 valence electrons. The van der Waals surface area contributed by atoms with Crippen molar-refractivity contribution >= 4 is 5.97 Å². The quantitative estimate of drug-likeness (QED) is 0.0551. The number of ether oxygens (including phenoxy) is 1. The summed E-state index contributed by atoms with van der Waals surface area (Å²) in [5.74, 6) is -0.294. The molecule has 0 spiro atoms. The number of hydrogen-bond donors (Lipinski definition) is 0. The van der Waals surface area contributed by atoms with Gasteiger partial charge in [0.1, 0.15) is 0 Å². The average molecular weight is 466 g/mol. The number of carbonyl (C=O) groups is 1. The van der Waals surface area contributed by atoms with Crippen LogP contribution >= 0.6 is 0 Å². The molecule has 0 saturated heterocycles. The lowest BCUT2D eigenvalue weighted by Crippen LogP contribution is -2.39. The van der Waals surface area contributed by atoms with Gasteiger partial charge in [-0.05, 0) is 19.3 Å². The highest BCUT2D eigenvalue weighted by atomic mass is 16.6. The normalized spacial score (nSPS) is 12.2. The maximum Gasteiger partial charge on any atom is 0.331 e. The SMILES string of the molecule is C=CC(=O)OC(CC)N(CCCCCCCCCCCC)CCCCCCCCCCCC. The molecule has 1 atom stereocenters. The van der Waals surface area contributed by atoms with Gasteiger partial charge in [-0.3, -0.25) is 4.90 Å². The van der Waals surface area contributed by atoms with Gasteiger partial charge in [-0.1, -0.05) is 143 Å². The predicted octanol–water partition coefficient (Wildman–Crippen LogP) is 9.60. The van der Waals surface area contributed by atoms with Crippen molar-refractivity contribution in [2.45, 2.75) is 162 Å². The first kappa shape index (κ1) is 32.2. The molecule has 0 aliphatic carbocycles. The molecule has 0 bridgehead atoms. The van der Waals surface area contributed by atoms with Crippen LogP contribution in [-0.4, -0.2) is 30.2 Å². The third kappa shape index (κ3) is 21.4. The van der Waals surface area contributed by atoms with E-state index in [0.717, 1.165) is 19.5 Å². The molecule has 0 amide bonds. The van der Waals surface area contributed by atoms with E-state index >= 15 is 0 Å². The fourth-order valence-corrected chi connectivity index (χ4v) is 4.60. The number of carbonyl (C=O) groups excluding carboxylic acids is 1. The molecule has 0 radical (unpaired) electrons. The van der Waals surface area contributed by atoms with Crippen molar-refractivity contribution in [3.05, 3.63) is 12.7 Å². The molecule has 0 aromatic rings. The topological polar surface area (TPSA) is 29.5 Å². The second-order valence-corrected chi connectivity index (χ2v) is 9.90. The predicted molar refractivity (Wildman–Crippen MR) is 146 cm³/mol. The molecule has 33 heavy (non-hydrogen) atoms. The first-order chi connectivity index (χ1) is 16.2. The highest BCUT2D eigenvalue weighted by Gasteiger charge is 2.19. The van der Waals surface area contributed by atoms with E-state index in [9.17, 15) is 4.79 Å². The van der Waals surface area contributed by atoms with Crippen molar-refractivity contribution in [3.63, 3.8) is 0 Å². The van der Waals surface area contributed by atoms with Crippen LogP contribution in [0.15, 0.2) is 12.7 Å². The zero-order valence-corrected chi connectivity index (χ0v) is 22.9. The third-order valence-corrected chi connectivity index (χ3v) is 6.77. The smallest absolute Gasteiger partial charge is 0.331 e. The first-order valence-electron chi connectivity index (χ1n) is 14.8. The minimum absolute atomic E-state index is 0.104. The molecule has 0 heterocycles. The molecule has 3 nitrogen and oxygen atoms in total.